The summed E-state index contributed by atoms with van der Waals surface area (Å²) in [6, 6.07) is 7.08. The van der Waals surface area contributed by atoms with Gasteiger partial charge in [-0.15, -0.1) is 0 Å². The molecule has 0 atom stereocenters. The molecular weight excluding hydrogens is 358 g/mol. The van der Waals surface area contributed by atoms with Gasteiger partial charge in [-0.3, -0.25) is 9.59 Å². The normalized spacial score (nSPS) is 10.6. The lowest BCUT2D eigenvalue weighted by molar-refractivity contribution is -0.142. The summed E-state index contributed by atoms with van der Waals surface area (Å²) in [6.07, 6.45) is 2.91. The van der Waals surface area contributed by atoms with Crippen molar-refractivity contribution in [3.63, 3.8) is 0 Å². The van der Waals surface area contributed by atoms with E-state index in [-0.39, 0.29) is 18.2 Å². The van der Waals surface area contributed by atoms with Crippen LogP contribution in [0.25, 0.3) is 0 Å². The number of unbranched alkanes of at least 4 members (excludes halogenated alkanes) is 1. The van der Waals surface area contributed by atoms with E-state index < -0.39 is 0 Å². The number of nitrogens with zero attached hydrogens (tertiary/aromatic N) is 1. The summed E-state index contributed by atoms with van der Waals surface area (Å²) in [7, 11) is 4.91. The fourth-order valence-corrected chi connectivity index (χ4v) is 3.22. The summed E-state index contributed by atoms with van der Waals surface area (Å²) in [4.78, 5) is 25.3. The highest BCUT2D eigenvalue weighted by molar-refractivity contribution is 6.09. The maximum Gasteiger partial charge on any atom is 0.311 e. The van der Waals surface area contributed by atoms with E-state index >= 15 is 0 Å². The van der Waals surface area contributed by atoms with Crippen LogP contribution in [0.2, 0.25) is 0 Å². The van der Waals surface area contributed by atoms with Crippen molar-refractivity contribution in [1.82, 2.24) is 4.57 Å². The molecule has 6 nitrogen and oxygen atoms in total. The first kappa shape index (κ1) is 21.5. The number of ether oxygens (including phenoxy) is 3. The van der Waals surface area contributed by atoms with E-state index in [1.54, 1.807) is 43.9 Å². The van der Waals surface area contributed by atoms with Gasteiger partial charge >= 0.3 is 5.97 Å². The molecule has 1 aromatic heterocycles. The lowest BCUT2D eigenvalue weighted by Crippen LogP contribution is -2.14. The molecule has 0 aliphatic rings. The van der Waals surface area contributed by atoms with Crippen LogP contribution in [0.15, 0.2) is 24.3 Å². The molecule has 0 unspecified atom stereocenters. The second kappa shape index (κ2) is 9.97. The number of ketones is 1. The van der Waals surface area contributed by atoms with E-state index in [4.69, 9.17) is 14.2 Å². The molecule has 0 aliphatic heterocycles. The molecule has 2 aromatic rings. The summed E-state index contributed by atoms with van der Waals surface area (Å²) in [5, 5.41) is 0. The van der Waals surface area contributed by atoms with Gasteiger partial charge < -0.3 is 18.8 Å². The number of carbonyl (C=O) groups excluding carboxylic acids is 2. The molecule has 0 spiro atoms. The van der Waals surface area contributed by atoms with Crippen molar-refractivity contribution in [3.8, 4) is 11.5 Å². The smallest absolute Gasteiger partial charge is 0.311 e. The van der Waals surface area contributed by atoms with Gasteiger partial charge in [-0.2, -0.15) is 0 Å². The molecule has 0 amide bonds. The van der Waals surface area contributed by atoms with Crippen LogP contribution in [-0.4, -0.2) is 37.1 Å². The van der Waals surface area contributed by atoms with Crippen molar-refractivity contribution >= 4 is 11.8 Å². The summed E-state index contributed by atoms with van der Waals surface area (Å²) in [5.41, 5.74) is 2.83. The topological polar surface area (TPSA) is 66.8 Å². The lowest BCUT2D eigenvalue weighted by Gasteiger charge is -2.11. The molecule has 0 bridgehead atoms. The highest BCUT2D eigenvalue weighted by Gasteiger charge is 2.22. The van der Waals surface area contributed by atoms with Crippen LogP contribution >= 0.6 is 0 Å². The molecule has 0 aliphatic carbocycles. The second-order valence-corrected chi connectivity index (χ2v) is 6.55. The molecular formula is C22H29NO5. The predicted octanol–water partition coefficient (Wildman–Crippen LogP) is 3.72. The van der Waals surface area contributed by atoms with Crippen LogP contribution in [0.3, 0.4) is 0 Å². The molecule has 152 valence electrons. The van der Waals surface area contributed by atoms with Gasteiger partial charge in [-0.25, -0.2) is 0 Å². The minimum atomic E-state index is -0.296. The predicted molar refractivity (Wildman–Crippen MR) is 107 cm³/mol. The summed E-state index contributed by atoms with van der Waals surface area (Å²) in [6.45, 7) is 4.23. The molecule has 6 heteroatoms. The van der Waals surface area contributed by atoms with Crippen molar-refractivity contribution in [2.24, 2.45) is 7.05 Å². The Hall–Kier alpha value is -2.76. The SMILES string of the molecule is CCCCc1cc(CC(=O)OCC)n(C)c1C(=O)c1ccc(OC)c(OC)c1. The number of methoxy groups -OCH3 is 2. The summed E-state index contributed by atoms with van der Waals surface area (Å²) in [5.74, 6) is 0.671. The summed E-state index contributed by atoms with van der Waals surface area (Å²) >= 11 is 0. The minimum absolute atomic E-state index is 0.107. The van der Waals surface area contributed by atoms with Crippen molar-refractivity contribution in [2.45, 2.75) is 39.5 Å². The fraction of sp³-hybridized carbons (Fsp3) is 0.455. The number of aryl methyl sites for hydroxylation is 1. The van der Waals surface area contributed by atoms with E-state index in [0.29, 0.717) is 29.4 Å². The maximum atomic E-state index is 13.3. The number of rotatable bonds is 10. The fourth-order valence-electron chi connectivity index (χ4n) is 3.22. The Balaban J connectivity index is 2.45. The van der Waals surface area contributed by atoms with Gasteiger partial charge in [-0.05, 0) is 49.6 Å². The first-order valence-corrected chi connectivity index (χ1v) is 9.56. The van der Waals surface area contributed by atoms with E-state index in [1.807, 2.05) is 13.1 Å². The van der Waals surface area contributed by atoms with E-state index in [9.17, 15) is 9.59 Å². The highest BCUT2D eigenvalue weighted by Crippen LogP contribution is 2.30. The number of carbonyl (C=O) groups is 2. The number of aromatic nitrogens is 1. The highest BCUT2D eigenvalue weighted by atomic mass is 16.5. The number of hydrogen-bond acceptors (Lipinski definition) is 5. The van der Waals surface area contributed by atoms with Crippen molar-refractivity contribution in [1.29, 1.82) is 0 Å². The van der Waals surface area contributed by atoms with Crippen molar-refractivity contribution < 1.29 is 23.8 Å². The van der Waals surface area contributed by atoms with Crippen molar-refractivity contribution in [2.75, 3.05) is 20.8 Å². The first-order chi connectivity index (χ1) is 13.5. The van der Waals surface area contributed by atoms with Gasteiger partial charge in [0.1, 0.15) is 0 Å². The van der Waals surface area contributed by atoms with Crippen LogP contribution in [0, 0.1) is 0 Å². The van der Waals surface area contributed by atoms with Crippen LogP contribution in [0.5, 0.6) is 11.5 Å². The van der Waals surface area contributed by atoms with Gasteiger partial charge in [0.25, 0.3) is 0 Å². The quantitative estimate of drug-likeness (QED) is 0.459. The third kappa shape index (κ3) is 4.74. The van der Waals surface area contributed by atoms with E-state index in [2.05, 4.69) is 6.92 Å². The van der Waals surface area contributed by atoms with Crippen LogP contribution in [0.4, 0.5) is 0 Å². The molecule has 0 saturated heterocycles. The average molecular weight is 387 g/mol. The Labute approximate surface area is 166 Å². The third-order valence-corrected chi connectivity index (χ3v) is 4.70. The third-order valence-electron chi connectivity index (χ3n) is 4.70. The van der Waals surface area contributed by atoms with Gasteiger partial charge in [0.15, 0.2) is 11.5 Å². The molecule has 2 rings (SSSR count). The number of benzene rings is 1. The zero-order valence-electron chi connectivity index (χ0n) is 17.3. The molecule has 28 heavy (non-hydrogen) atoms. The van der Waals surface area contributed by atoms with E-state index in [0.717, 1.165) is 30.5 Å². The second-order valence-electron chi connectivity index (χ2n) is 6.55. The summed E-state index contributed by atoms with van der Waals surface area (Å²) < 4.78 is 17.5. The number of hydrogen-bond donors (Lipinski definition) is 0. The van der Waals surface area contributed by atoms with Gasteiger partial charge in [-0.1, -0.05) is 13.3 Å². The largest absolute Gasteiger partial charge is 0.493 e. The zero-order valence-corrected chi connectivity index (χ0v) is 17.3. The zero-order chi connectivity index (χ0) is 20.7. The van der Waals surface area contributed by atoms with Crippen LogP contribution < -0.4 is 9.47 Å². The molecule has 1 aromatic carbocycles. The molecule has 1 heterocycles. The minimum Gasteiger partial charge on any atom is -0.493 e. The Kier molecular flexibility index (Phi) is 7.67. The van der Waals surface area contributed by atoms with Gasteiger partial charge in [0.2, 0.25) is 5.78 Å². The lowest BCUT2D eigenvalue weighted by atomic mass is 10.0. The Bertz CT molecular complexity index is 838. The van der Waals surface area contributed by atoms with Gasteiger partial charge in [0.05, 0.1) is 32.9 Å². The monoisotopic (exact) mass is 387 g/mol. The Morgan fingerprint density at radius 2 is 1.75 bits per heavy atom. The Morgan fingerprint density at radius 3 is 2.36 bits per heavy atom. The molecule has 0 N–H and O–H groups in total. The maximum absolute atomic E-state index is 13.3. The molecule has 0 fully saturated rings. The van der Waals surface area contributed by atoms with Crippen LogP contribution in [0.1, 0.15) is 54.0 Å². The first-order valence-electron chi connectivity index (χ1n) is 9.56. The van der Waals surface area contributed by atoms with E-state index in [1.165, 1.54) is 0 Å². The van der Waals surface area contributed by atoms with Crippen LogP contribution in [-0.2, 0) is 29.4 Å². The average Bonchev–Trinajstić information content (AvgIpc) is 3.00. The standard InChI is InChI=1S/C22H29NO5/c1-6-8-9-15-12-17(14-20(24)28-7-2)23(3)21(15)22(25)16-10-11-18(26-4)19(13-16)27-5/h10-13H,6-9,14H2,1-5H3. The Morgan fingerprint density at radius 1 is 1.04 bits per heavy atom. The molecule has 0 saturated carbocycles. The van der Waals surface area contributed by atoms with Crippen molar-refractivity contribution in [3.05, 3.63) is 46.8 Å². The number of esters is 1. The molecule has 0 radical (unpaired) electrons. The van der Waals surface area contributed by atoms with Gasteiger partial charge in [0, 0.05) is 18.3 Å².